The van der Waals surface area contributed by atoms with E-state index in [1.165, 1.54) is 0 Å². The van der Waals surface area contributed by atoms with Gasteiger partial charge in [0, 0.05) is 63.8 Å². The summed E-state index contributed by atoms with van der Waals surface area (Å²) in [4.78, 5) is 27.4. The van der Waals surface area contributed by atoms with Gasteiger partial charge in [-0.15, -0.1) is 0 Å². The number of hydrogen-bond acceptors (Lipinski definition) is 9. The molecule has 3 atom stereocenters. The Balaban J connectivity index is 0.930. The zero-order valence-corrected chi connectivity index (χ0v) is 32.0. The molecule has 0 radical (unpaired) electrons. The smallest absolute Gasteiger partial charge is 0.224 e. The molecule has 296 valence electrons. The van der Waals surface area contributed by atoms with Crippen LogP contribution in [0.25, 0.3) is 11.1 Å². The first kappa shape index (κ1) is 39.6. The monoisotopic (exact) mass is 762 g/mol. The van der Waals surface area contributed by atoms with Crippen LogP contribution >= 0.6 is 0 Å². The highest BCUT2D eigenvalue weighted by Gasteiger charge is 2.41. The number of likely N-dealkylation sites (tertiary alicyclic amines) is 1. The summed E-state index contributed by atoms with van der Waals surface area (Å²) < 4.78 is 25.3. The molecule has 56 heavy (non-hydrogen) atoms. The van der Waals surface area contributed by atoms with E-state index in [9.17, 15) is 14.7 Å². The Labute approximate surface area is 329 Å². The van der Waals surface area contributed by atoms with Crippen molar-refractivity contribution >= 4 is 23.2 Å². The van der Waals surface area contributed by atoms with Crippen LogP contribution in [0.3, 0.4) is 0 Å². The largest absolute Gasteiger partial charge is 0.397 e. The van der Waals surface area contributed by atoms with Gasteiger partial charge < -0.3 is 45.3 Å². The van der Waals surface area contributed by atoms with E-state index in [1.807, 2.05) is 54.6 Å². The van der Waals surface area contributed by atoms with E-state index in [4.69, 9.17) is 24.7 Å². The summed E-state index contributed by atoms with van der Waals surface area (Å²) in [5.41, 5.74) is 13.0. The van der Waals surface area contributed by atoms with Crippen LogP contribution in [-0.2, 0) is 41.7 Å². The van der Waals surface area contributed by atoms with Crippen molar-refractivity contribution in [3.8, 4) is 11.1 Å². The molecule has 5 N–H and O–H groups in total. The summed E-state index contributed by atoms with van der Waals surface area (Å²) in [5.74, 6) is -0.505. The predicted octanol–water partition coefficient (Wildman–Crippen LogP) is 7.02. The van der Waals surface area contributed by atoms with Crippen LogP contribution in [0, 0.1) is 0 Å². The van der Waals surface area contributed by atoms with Crippen LogP contribution in [0.5, 0.6) is 0 Å². The van der Waals surface area contributed by atoms with Gasteiger partial charge in [-0.05, 0) is 64.9 Å². The minimum absolute atomic E-state index is 0.0000304. The molecular formula is C45H54N4O7. The second-order valence-corrected chi connectivity index (χ2v) is 15.1. The second kappa shape index (κ2) is 19.0. The number of nitrogens with zero attached hydrogens (tertiary/aromatic N) is 1. The molecule has 0 saturated carbocycles. The Hall–Kier alpha value is -4.62. The maximum Gasteiger partial charge on any atom is 0.224 e. The average Bonchev–Trinajstić information content (AvgIpc) is 3.69. The van der Waals surface area contributed by atoms with E-state index in [2.05, 4.69) is 45.9 Å². The number of hydrogen-bond donors (Lipinski definition) is 4. The topological polar surface area (TPSA) is 145 Å². The average molecular weight is 763 g/mol. The van der Waals surface area contributed by atoms with Gasteiger partial charge in [0.05, 0.1) is 43.4 Å². The molecule has 4 aromatic carbocycles. The summed E-state index contributed by atoms with van der Waals surface area (Å²) in [6, 6.07) is 31.7. The highest BCUT2D eigenvalue weighted by molar-refractivity contribution is 5.93. The van der Waals surface area contributed by atoms with E-state index < -0.39 is 12.1 Å². The molecule has 3 unspecified atom stereocenters. The van der Waals surface area contributed by atoms with Crippen molar-refractivity contribution < 1.29 is 33.6 Å². The minimum atomic E-state index is -0.562. The van der Waals surface area contributed by atoms with Gasteiger partial charge in [-0.1, -0.05) is 79.2 Å². The summed E-state index contributed by atoms with van der Waals surface area (Å²) in [7, 11) is 0. The first-order valence-corrected chi connectivity index (χ1v) is 20.0. The molecular weight excluding hydrogens is 709 g/mol. The van der Waals surface area contributed by atoms with Gasteiger partial charge in [-0.2, -0.15) is 0 Å². The first-order chi connectivity index (χ1) is 27.3. The Morgan fingerprint density at radius 2 is 1.48 bits per heavy atom. The number of amides is 2. The number of unbranched alkanes of at least 4 members (excludes halogenated alkanes) is 2. The van der Waals surface area contributed by atoms with Crippen LogP contribution in [0.1, 0.15) is 86.0 Å². The fourth-order valence-corrected chi connectivity index (χ4v) is 7.77. The van der Waals surface area contributed by atoms with Gasteiger partial charge in [0.25, 0.3) is 0 Å². The summed E-state index contributed by atoms with van der Waals surface area (Å²) in [6.07, 6.45) is 4.63. The quantitative estimate of drug-likeness (QED) is 0.0742. The summed E-state index contributed by atoms with van der Waals surface area (Å²) >= 11 is 0. The molecule has 4 aromatic rings. The summed E-state index contributed by atoms with van der Waals surface area (Å²) in [5, 5.41) is 15.5. The lowest BCUT2D eigenvalue weighted by Gasteiger charge is -2.41. The lowest BCUT2D eigenvalue weighted by Crippen LogP contribution is -2.48. The van der Waals surface area contributed by atoms with E-state index in [-0.39, 0.29) is 30.6 Å². The normalized spacial score (nSPS) is 20.8. The lowest BCUT2D eigenvalue weighted by molar-refractivity contribution is -0.255. The van der Waals surface area contributed by atoms with Crippen molar-refractivity contribution in [3.05, 3.63) is 119 Å². The Kier molecular flexibility index (Phi) is 13.4. The number of aliphatic hydroxyl groups excluding tert-OH is 1. The van der Waals surface area contributed by atoms with Gasteiger partial charge in [0.15, 0.2) is 12.1 Å². The molecule has 3 saturated heterocycles. The van der Waals surface area contributed by atoms with Gasteiger partial charge in [-0.25, -0.2) is 0 Å². The number of carbonyl (C=O) groups is 2. The van der Waals surface area contributed by atoms with Crippen LogP contribution in [0.4, 0.5) is 11.4 Å². The zero-order valence-electron chi connectivity index (χ0n) is 32.0. The third kappa shape index (κ3) is 10.6. The highest BCUT2D eigenvalue weighted by atomic mass is 16.7. The molecule has 0 bridgehead atoms. The lowest BCUT2D eigenvalue weighted by atomic mass is 9.97. The van der Waals surface area contributed by atoms with Crippen LogP contribution in [0.15, 0.2) is 97.1 Å². The van der Waals surface area contributed by atoms with Gasteiger partial charge in [0.2, 0.25) is 11.8 Å². The molecule has 11 heteroatoms. The van der Waals surface area contributed by atoms with Crippen LogP contribution in [0.2, 0.25) is 0 Å². The van der Waals surface area contributed by atoms with Crippen LogP contribution < -0.4 is 16.4 Å². The molecule has 3 fully saturated rings. The Bertz CT molecular complexity index is 1900. The van der Waals surface area contributed by atoms with Crippen molar-refractivity contribution in [2.24, 2.45) is 0 Å². The number of nitrogen functional groups attached to an aromatic ring is 1. The maximum atomic E-state index is 12.7. The Morgan fingerprint density at radius 1 is 0.768 bits per heavy atom. The van der Waals surface area contributed by atoms with E-state index >= 15 is 0 Å². The molecule has 2 amide bonds. The molecule has 11 nitrogen and oxygen atoms in total. The second-order valence-electron chi connectivity index (χ2n) is 15.1. The molecule has 0 aliphatic carbocycles. The minimum Gasteiger partial charge on any atom is -0.397 e. The Morgan fingerprint density at radius 3 is 2.23 bits per heavy atom. The molecule has 3 heterocycles. The maximum absolute atomic E-state index is 12.7. The first-order valence-electron chi connectivity index (χ1n) is 20.0. The molecule has 3 aliphatic rings. The third-order valence-corrected chi connectivity index (χ3v) is 11.0. The van der Waals surface area contributed by atoms with Gasteiger partial charge >= 0.3 is 0 Å². The number of nitrogens with one attached hydrogen (secondary N) is 2. The zero-order chi connectivity index (χ0) is 38.7. The van der Waals surface area contributed by atoms with Crippen molar-refractivity contribution in [1.29, 1.82) is 0 Å². The number of nitrogens with two attached hydrogens (primary N) is 1. The number of carbonyl (C=O) groups excluding carboxylic acids is 2. The number of piperidine rings is 1. The molecule has 1 spiro atoms. The molecule has 0 aromatic heterocycles. The van der Waals surface area contributed by atoms with Crippen molar-refractivity contribution in [3.63, 3.8) is 0 Å². The summed E-state index contributed by atoms with van der Waals surface area (Å²) in [6.45, 7) is 4.32. The van der Waals surface area contributed by atoms with Gasteiger partial charge in [-0.3, -0.25) is 9.59 Å². The van der Waals surface area contributed by atoms with E-state index in [1.54, 1.807) is 12.1 Å². The highest BCUT2D eigenvalue weighted by Crippen LogP contribution is 2.40. The third-order valence-electron chi connectivity index (χ3n) is 11.0. The standard InChI is InChI=1S/C45H54N4O7/c46-39-12-4-5-13-40(39)48-43(52)15-3-1-2-14-42(51)47-29-33-8-6-9-35(26-33)36-10-7-11-37(27-36)44-55-38(28-41(56-44)34-18-16-32(31-50)17-19-34)30-49-22-20-45(21-23-49)53-24-25-54-45/h4-13,16-19,26-27,38,41,44,50H,1-3,14-15,20-25,28-31,46H2,(H,47,51)(H,48,52). The van der Waals surface area contributed by atoms with E-state index in [0.717, 1.165) is 78.7 Å². The number of para-hydroxylation sites is 2. The van der Waals surface area contributed by atoms with Crippen molar-refractivity contribution in [2.75, 3.05) is 43.9 Å². The number of aliphatic hydroxyl groups is 1. The van der Waals surface area contributed by atoms with Gasteiger partial charge in [0.1, 0.15) is 0 Å². The predicted molar refractivity (Wildman–Crippen MR) is 215 cm³/mol. The van der Waals surface area contributed by atoms with Crippen molar-refractivity contribution in [1.82, 2.24) is 10.2 Å². The molecule has 3 aliphatic heterocycles. The number of ether oxygens (including phenoxy) is 4. The fraction of sp³-hybridized carbons (Fsp3) is 0.422. The SMILES string of the molecule is Nc1ccccc1NC(=O)CCCCCC(=O)NCc1cccc(-c2cccc(C3OC(CN4CCC5(CC4)OCCO5)CC(c4ccc(CO)cc4)O3)c2)c1. The van der Waals surface area contributed by atoms with Crippen molar-refractivity contribution in [2.45, 2.75) is 88.8 Å². The van der Waals surface area contributed by atoms with E-state index in [0.29, 0.717) is 56.8 Å². The molecule has 7 rings (SSSR count). The number of rotatable bonds is 15. The number of benzene rings is 4. The van der Waals surface area contributed by atoms with Crippen LogP contribution in [-0.4, -0.2) is 66.6 Å². The number of anilines is 2. The fourth-order valence-electron chi connectivity index (χ4n) is 7.77.